The predicted octanol–water partition coefficient (Wildman–Crippen LogP) is 3.14. The molecule has 1 heterocycles. The Kier molecular flexibility index (Phi) is 5.78. The molecule has 5 nitrogen and oxygen atoms in total. The van der Waals surface area contributed by atoms with Crippen molar-refractivity contribution in [2.24, 2.45) is 11.7 Å². The summed E-state index contributed by atoms with van der Waals surface area (Å²) in [7, 11) is 1.64. The first-order chi connectivity index (χ1) is 12.6. The Balaban J connectivity index is 1.98. The number of hydrogen-bond acceptors (Lipinski definition) is 4. The highest BCUT2D eigenvalue weighted by Crippen LogP contribution is 2.39. The summed E-state index contributed by atoms with van der Waals surface area (Å²) in [6.07, 6.45) is 0.746. The van der Waals surface area contributed by atoms with Crippen LogP contribution in [0.4, 0.5) is 0 Å². The highest BCUT2D eigenvalue weighted by atomic mass is 16.5. The van der Waals surface area contributed by atoms with Gasteiger partial charge in [0.15, 0.2) is 0 Å². The van der Waals surface area contributed by atoms with Crippen LogP contribution in [0.15, 0.2) is 48.5 Å². The molecule has 138 valence electrons. The number of amides is 1. The van der Waals surface area contributed by atoms with Gasteiger partial charge in [-0.15, -0.1) is 0 Å². The van der Waals surface area contributed by atoms with Gasteiger partial charge in [-0.3, -0.25) is 4.79 Å². The summed E-state index contributed by atoms with van der Waals surface area (Å²) in [4.78, 5) is 15.1. The first kappa shape index (κ1) is 18.3. The van der Waals surface area contributed by atoms with Gasteiger partial charge in [-0.05, 0) is 23.8 Å². The molecule has 1 amide bonds. The third-order valence-electron chi connectivity index (χ3n) is 4.85. The van der Waals surface area contributed by atoms with Crippen molar-refractivity contribution in [1.29, 1.82) is 0 Å². The van der Waals surface area contributed by atoms with Gasteiger partial charge in [-0.25, -0.2) is 0 Å². The molecule has 0 fully saturated rings. The second-order valence-electron chi connectivity index (χ2n) is 6.65. The third-order valence-corrected chi connectivity index (χ3v) is 4.85. The van der Waals surface area contributed by atoms with Crippen LogP contribution in [-0.2, 0) is 11.3 Å². The van der Waals surface area contributed by atoms with Crippen molar-refractivity contribution in [2.45, 2.75) is 25.9 Å². The summed E-state index contributed by atoms with van der Waals surface area (Å²) in [5, 5.41) is 0. The average Bonchev–Trinajstić information content (AvgIpc) is 2.71. The number of benzene rings is 2. The van der Waals surface area contributed by atoms with Gasteiger partial charge in [0.2, 0.25) is 5.91 Å². The minimum absolute atomic E-state index is 0.0597. The predicted molar refractivity (Wildman–Crippen MR) is 101 cm³/mol. The van der Waals surface area contributed by atoms with Crippen molar-refractivity contribution in [3.8, 4) is 11.5 Å². The van der Waals surface area contributed by atoms with E-state index in [1.165, 1.54) is 0 Å². The second-order valence-corrected chi connectivity index (χ2v) is 6.65. The van der Waals surface area contributed by atoms with Crippen LogP contribution in [0.5, 0.6) is 11.5 Å². The molecular formula is C21H26N2O3. The van der Waals surface area contributed by atoms with Gasteiger partial charge in [0.05, 0.1) is 19.8 Å². The third kappa shape index (κ3) is 3.83. The van der Waals surface area contributed by atoms with E-state index in [1.807, 2.05) is 60.4 Å². The lowest BCUT2D eigenvalue weighted by Gasteiger charge is -2.37. The number of nitrogens with two attached hydrogens (primary N) is 1. The quantitative estimate of drug-likeness (QED) is 0.865. The highest BCUT2D eigenvalue weighted by Gasteiger charge is 2.32. The van der Waals surface area contributed by atoms with Gasteiger partial charge < -0.3 is 20.1 Å². The Morgan fingerprint density at radius 3 is 2.77 bits per heavy atom. The molecule has 1 aliphatic heterocycles. The van der Waals surface area contributed by atoms with Crippen molar-refractivity contribution in [3.63, 3.8) is 0 Å². The van der Waals surface area contributed by atoms with Gasteiger partial charge >= 0.3 is 0 Å². The average molecular weight is 354 g/mol. The fourth-order valence-electron chi connectivity index (χ4n) is 3.31. The molecule has 3 rings (SSSR count). The molecule has 5 heteroatoms. The number of carbonyl (C=O) groups excluding carboxylic acids is 1. The molecule has 0 saturated heterocycles. The maximum Gasteiger partial charge on any atom is 0.227 e. The van der Waals surface area contributed by atoms with E-state index in [0.717, 1.165) is 29.0 Å². The number of methoxy groups -OCH3 is 1. The summed E-state index contributed by atoms with van der Waals surface area (Å²) in [6, 6.07) is 15.8. The zero-order valence-corrected chi connectivity index (χ0v) is 15.4. The first-order valence-corrected chi connectivity index (χ1v) is 8.99. The molecule has 26 heavy (non-hydrogen) atoms. The van der Waals surface area contributed by atoms with Crippen molar-refractivity contribution in [3.05, 3.63) is 59.7 Å². The Bertz CT molecular complexity index is 748. The molecule has 2 aromatic rings. The van der Waals surface area contributed by atoms with Crippen molar-refractivity contribution >= 4 is 5.91 Å². The number of carbonyl (C=O) groups is 1. The molecule has 0 saturated carbocycles. The topological polar surface area (TPSA) is 64.8 Å². The second kappa shape index (κ2) is 8.23. The maximum absolute atomic E-state index is 13.1. The van der Waals surface area contributed by atoms with Crippen molar-refractivity contribution in [2.75, 3.05) is 20.3 Å². The monoisotopic (exact) mass is 354 g/mol. The first-order valence-electron chi connectivity index (χ1n) is 8.99. The maximum atomic E-state index is 13.1. The fourth-order valence-corrected chi connectivity index (χ4v) is 3.31. The van der Waals surface area contributed by atoms with Crippen LogP contribution >= 0.6 is 0 Å². The highest BCUT2D eigenvalue weighted by molar-refractivity contribution is 5.79. The lowest BCUT2D eigenvalue weighted by atomic mass is 9.96. The lowest BCUT2D eigenvalue weighted by Crippen LogP contribution is -2.41. The number of hydrogen-bond donors (Lipinski definition) is 1. The summed E-state index contributed by atoms with van der Waals surface area (Å²) < 4.78 is 11.2. The molecule has 1 aliphatic rings. The van der Waals surface area contributed by atoms with Gasteiger partial charge in [-0.1, -0.05) is 37.3 Å². The van der Waals surface area contributed by atoms with E-state index < -0.39 is 0 Å². The smallest absolute Gasteiger partial charge is 0.227 e. The standard InChI is InChI=1S/C21H26N2O3/c1-15(13-22)21(24)23(14-16-6-4-3-5-7-16)19-10-11-26-20-9-8-17(25-2)12-18(19)20/h3-9,12,15,19H,10-11,13-14,22H2,1-2H3. The van der Waals surface area contributed by atoms with Crippen LogP contribution in [0.3, 0.4) is 0 Å². The zero-order valence-electron chi connectivity index (χ0n) is 15.4. The van der Waals surface area contributed by atoms with Gasteiger partial charge in [-0.2, -0.15) is 0 Å². The molecule has 0 aliphatic carbocycles. The number of fused-ring (bicyclic) bond motifs is 1. The minimum Gasteiger partial charge on any atom is -0.497 e. The van der Waals surface area contributed by atoms with Crippen LogP contribution < -0.4 is 15.2 Å². The van der Waals surface area contributed by atoms with Crippen LogP contribution in [0, 0.1) is 5.92 Å². The number of rotatable bonds is 6. The van der Waals surface area contributed by atoms with Crippen LogP contribution in [0.1, 0.15) is 30.5 Å². The van der Waals surface area contributed by atoms with E-state index in [-0.39, 0.29) is 17.9 Å². The van der Waals surface area contributed by atoms with Crippen LogP contribution in [0.25, 0.3) is 0 Å². The minimum atomic E-state index is -0.226. The number of nitrogens with zero attached hydrogens (tertiary/aromatic N) is 1. The Morgan fingerprint density at radius 2 is 2.08 bits per heavy atom. The SMILES string of the molecule is COc1ccc2c(c1)C(N(Cc1ccccc1)C(=O)C(C)CN)CCO2. The molecule has 2 atom stereocenters. The number of ether oxygens (including phenoxy) is 2. The lowest BCUT2D eigenvalue weighted by molar-refractivity contribution is -0.138. The summed E-state index contributed by atoms with van der Waals surface area (Å²) in [5.74, 6) is 1.42. The van der Waals surface area contributed by atoms with E-state index in [1.54, 1.807) is 7.11 Å². The van der Waals surface area contributed by atoms with Gasteiger partial charge in [0.25, 0.3) is 0 Å². The Morgan fingerprint density at radius 1 is 1.31 bits per heavy atom. The Hall–Kier alpha value is -2.53. The fraction of sp³-hybridized carbons (Fsp3) is 0.381. The molecule has 0 bridgehead atoms. The normalized spacial score (nSPS) is 17.0. The molecule has 2 N–H and O–H groups in total. The molecule has 0 radical (unpaired) electrons. The van der Waals surface area contributed by atoms with E-state index in [9.17, 15) is 4.79 Å². The van der Waals surface area contributed by atoms with E-state index >= 15 is 0 Å². The molecule has 0 aromatic heterocycles. The van der Waals surface area contributed by atoms with Crippen molar-refractivity contribution in [1.82, 2.24) is 4.90 Å². The molecule has 2 aromatic carbocycles. The summed E-state index contributed by atoms with van der Waals surface area (Å²) >= 11 is 0. The van der Waals surface area contributed by atoms with Crippen LogP contribution in [-0.4, -0.2) is 31.1 Å². The largest absolute Gasteiger partial charge is 0.497 e. The van der Waals surface area contributed by atoms with E-state index in [0.29, 0.717) is 19.7 Å². The molecular weight excluding hydrogens is 328 g/mol. The summed E-state index contributed by atoms with van der Waals surface area (Å²) in [6.45, 7) is 3.34. The van der Waals surface area contributed by atoms with Gasteiger partial charge in [0, 0.05) is 31.0 Å². The van der Waals surface area contributed by atoms with E-state index in [2.05, 4.69) is 0 Å². The zero-order chi connectivity index (χ0) is 18.5. The van der Waals surface area contributed by atoms with E-state index in [4.69, 9.17) is 15.2 Å². The van der Waals surface area contributed by atoms with Crippen molar-refractivity contribution < 1.29 is 14.3 Å². The summed E-state index contributed by atoms with van der Waals surface area (Å²) in [5.41, 5.74) is 7.87. The molecule has 2 unspecified atom stereocenters. The van der Waals surface area contributed by atoms with Crippen LogP contribution in [0.2, 0.25) is 0 Å². The Labute approximate surface area is 154 Å². The van der Waals surface area contributed by atoms with Gasteiger partial charge in [0.1, 0.15) is 11.5 Å². The molecule has 0 spiro atoms.